The van der Waals surface area contributed by atoms with E-state index in [1.165, 1.54) is 11.3 Å². The molecule has 15 nitrogen and oxygen atoms in total. The first-order valence-electron chi connectivity index (χ1n) is 19.4. The highest BCUT2D eigenvalue weighted by atomic mass is 16.5. The molecule has 3 aliphatic heterocycles. The number of pyridine rings is 2. The average Bonchev–Trinajstić information content (AvgIpc) is 3.72. The molecular formula is C41H50N6O9. The number of ether oxygens (including phenoxy) is 1. The molecule has 15 heteroatoms. The Morgan fingerprint density at radius 2 is 1.62 bits per heavy atom. The van der Waals surface area contributed by atoms with Crippen LogP contribution in [0.25, 0.3) is 22.3 Å². The van der Waals surface area contributed by atoms with Crippen molar-refractivity contribution in [3.63, 3.8) is 0 Å². The molecule has 298 valence electrons. The fourth-order valence-corrected chi connectivity index (χ4v) is 7.32. The van der Waals surface area contributed by atoms with Crippen molar-refractivity contribution in [3.05, 3.63) is 68.6 Å². The third kappa shape index (κ3) is 8.57. The number of unbranched alkanes of at least 4 members (excludes halogenated alkanes) is 2. The molecule has 5 amide bonds. The molecule has 4 aliphatic rings. The number of rotatable bonds is 11. The van der Waals surface area contributed by atoms with E-state index < -0.39 is 23.9 Å². The van der Waals surface area contributed by atoms with E-state index in [1.54, 1.807) is 22.8 Å². The summed E-state index contributed by atoms with van der Waals surface area (Å²) in [5.41, 5.74) is 5.07. The lowest BCUT2D eigenvalue weighted by Gasteiger charge is -2.23. The number of nitrogens with zero attached hydrogens (tertiary/aromatic N) is 3. The van der Waals surface area contributed by atoms with Gasteiger partial charge in [0, 0.05) is 48.0 Å². The van der Waals surface area contributed by atoms with E-state index in [0.29, 0.717) is 54.8 Å². The van der Waals surface area contributed by atoms with Gasteiger partial charge in [-0.25, -0.2) is 9.78 Å². The van der Waals surface area contributed by atoms with Crippen molar-refractivity contribution in [2.24, 2.45) is 0 Å². The number of esters is 1. The number of aliphatic hydroxyl groups is 1. The summed E-state index contributed by atoms with van der Waals surface area (Å²) in [4.78, 5) is 92.8. The summed E-state index contributed by atoms with van der Waals surface area (Å²) in [5.74, 6) is -2.70. The van der Waals surface area contributed by atoms with Crippen LogP contribution in [0.4, 0.5) is 5.69 Å². The Balaban J connectivity index is 0.00000115. The molecule has 56 heavy (non-hydrogen) atoms. The van der Waals surface area contributed by atoms with Gasteiger partial charge in [-0.2, -0.15) is 0 Å². The Morgan fingerprint density at radius 3 is 2.34 bits per heavy atom. The highest BCUT2D eigenvalue weighted by molar-refractivity contribution is 6.08. The first-order valence-corrected chi connectivity index (χ1v) is 19.4. The molecule has 1 saturated heterocycles. The lowest BCUT2D eigenvalue weighted by molar-refractivity contribution is -0.157. The summed E-state index contributed by atoms with van der Waals surface area (Å²) < 4.78 is 6.59. The van der Waals surface area contributed by atoms with Crippen LogP contribution < -0.4 is 21.5 Å². The maximum absolute atomic E-state index is 13.4. The summed E-state index contributed by atoms with van der Waals surface area (Å²) in [6.45, 7) is 12.0. The van der Waals surface area contributed by atoms with Crippen LogP contribution in [0.5, 0.6) is 0 Å². The third-order valence-electron chi connectivity index (χ3n) is 9.90. The molecule has 3 aromatic rings. The number of benzene rings is 1. The number of aliphatic hydroxyl groups excluding tert-OH is 1. The van der Waals surface area contributed by atoms with Crippen molar-refractivity contribution in [1.82, 2.24) is 25.1 Å². The number of fused-ring (bicyclic) bond motifs is 5. The summed E-state index contributed by atoms with van der Waals surface area (Å²) in [5, 5.41) is 19.1. The standard InChI is InChI=1S/C36H36N6O9.C3H8.C2H6/c1-18(38-28(44)15-37-27(43)8-3-2-4-13-41-29(45)11-12-30(41)46)34(48)40-24-9-10-25-31-19(6-5-7-20(24)31)22-16-42-26(32(22)39-25)14-21-23(35(42)49)17-51-36(50)33(21)47;1-3-2;1-2/h9-10,14,33,47H,1-8,11-13,15-17H2,(H,37,43)(H,38,44)(H,40,48);3H2,1-2H3;1-2H3/t33-;;/m0../s1. The quantitative estimate of drug-likeness (QED) is 0.0751. The van der Waals surface area contributed by atoms with Gasteiger partial charge in [0.1, 0.15) is 6.61 Å². The zero-order chi connectivity index (χ0) is 40.7. The number of aromatic nitrogens is 2. The van der Waals surface area contributed by atoms with Crippen LogP contribution in [0.2, 0.25) is 0 Å². The fourth-order valence-electron chi connectivity index (χ4n) is 7.32. The van der Waals surface area contributed by atoms with Gasteiger partial charge in [0.15, 0.2) is 6.10 Å². The van der Waals surface area contributed by atoms with Crippen LogP contribution in [0.1, 0.15) is 113 Å². The minimum Gasteiger partial charge on any atom is -0.458 e. The first kappa shape index (κ1) is 41.5. The predicted molar refractivity (Wildman–Crippen MR) is 208 cm³/mol. The summed E-state index contributed by atoms with van der Waals surface area (Å²) in [7, 11) is 0. The van der Waals surface area contributed by atoms with Gasteiger partial charge in [-0.15, -0.1) is 0 Å². The summed E-state index contributed by atoms with van der Waals surface area (Å²) >= 11 is 0. The number of carbonyl (C=O) groups is 6. The molecular weight excluding hydrogens is 720 g/mol. The molecule has 7 rings (SSSR count). The highest BCUT2D eigenvalue weighted by Crippen LogP contribution is 2.42. The first-order chi connectivity index (χ1) is 26.9. The normalized spacial score (nSPS) is 16.0. The van der Waals surface area contributed by atoms with Crippen LogP contribution in [0.15, 0.2) is 35.3 Å². The van der Waals surface area contributed by atoms with Crippen molar-refractivity contribution < 1.29 is 38.6 Å². The van der Waals surface area contributed by atoms with Crippen LogP contribution in [0.3, 0.4) is 0 Å². The van der Waals surface area contributed by atoms with E-state index in [-0.39, 0.29) is 79.1 Å². The number of imide groups is 1. The lowest BCUT2D eigenvalue weighted by atomic mass is 9.86. The van der Waals surface area contributed by atoms with E-state index in [0.717, 1.165) is 34.9 Å². The van der Waals surface area contributed by atoms with Crippen LogP contribution in [-0.2, 0) is 59.5 Å². The largest absolute Gasteiger partial charge is 0.458 e. The van der Waals surface area contributed by atoms with Gasteiger partial charge in [0.25, 0.3) is 11.5 Å². The second kappa shape index (κ2) is 18.3. The topological polar surface area (TPSA) is 206 Å². The van der Waals surface area contributed by atoms with E-state index in [2.05, 4.69) is 36.4 Å². The van der Waals surface area contributed by atoms with Gasteiger partial charge in [-0.05, 0) is 61.4 Å². The molecule has 0 spiro atoms. The van der Waals surface area contributed by atoms with Gasteiger partial charge in [0.2, 0.25) is 23.6 Å². The minimum absolute atomic E-state index is 0.161. The second-order valence-corrected chi connectivity index (χ2v) is 13.8. The minimum atomic E-state index is -1.54. The van der Waals surface area contributed by atoms with Gasteiger partial charge >= 0.3 is 5.97 Å². The Labute approximate surface area is 324 Å². The van der Waals surface area contributed by atoms with Crippen LogP contribution >= 0.6 is 0 Å². The van der Waals surface area contributed by atoms with Crippen molar-refractivity contribution in [3.8, 4) is 11.4 Å². The third-order valence-corrected chi connectivity index (χ3v) is 9.90. The molecule has 0 saturated carbocycles. The predicted octanol–water partition coefficient (Wildman–Crippen LogP) is 3.84. The molecule has 1 fully saturated rings. The highest BCUT2D eigenvalue weighted by Gasteiger charge is 2.35. The molecule has 0 unspecified atom stereocenters. The molecule has 1 aromatic carbocycles. The van der Waals surface area contributed by atoms with E-state index in [9.17, 15) is 38.7 Å². The smallest absolute Gasteiger partial charge is 0.340 e. The molecule has 5 heterocycles. The second-order valence-electron chi connectivity index (χ2n) is 13.8. The summed E-state index contributed by atoms with van der Waals surface area (Å²) in [6, 6.07) is 5.15. The number of anilines is 1. The summed E-state index contributed by atoms with van der Waals surface area (Å²) in [6.07, 6.45) is 4.33. The fraction of sp³-hybridized carbons (Fsp3) is 0.463. The lowest BCUT2D eigenvalue weighted by Crippen LogP contribution is -2.38. The maximum Gasteiger partial charge on any atom is 0.340 e. The van der Waals surface area contributed by atoms with Gasteiger partial charge in [0.05, 0.1) is 41.3 Å². The number of cyclic esters (lactones) is 1. The number of aryl methyl sites for hydroxylation is 2. The van der Waals surface area contributed by atoms with E-state index in [4.69, 9.17) is 9.72 Å². The zero-order valence-electron chi connectivity index (χ0n) is 32.5. The Bertz CT molecular complexity index is 2140. The Morgan fingerprint density at radius 1 is 0.929 bits per heavy atom. The number of likely N-dealkylation sites (tertiary alicyclic amines) is 1. The molecule has 1 aliphatic carbocycles. The zero-order valence-corrected chi connectivity index (χ0v) is 32.5. The number of hydrogen-bond acceptors (Lipinski definition) is 10. The number of carbonyl (C=O) groups excluding carboxylic acids is 6. The Hall–Kier alpha value is -5.70. The monoisotopic (exact) mass is 770 g/mol. The van der Waals surface area contributed by atoms with Crippen LogP contribution in [0, 0.1) is 0 Å². The number of amides is 5. The molecule has 4 N–H and O–H groups in total. The number of nitrogens with one attached hydrogen (secondary N) is 3. The molecule has 0 radical (unpaired) electrons. The van der Waals surface area contributed by atoms with E-state index in [1.807, 2.05) is 13.8 Å². The van der Waals surface area contributed by atoms with Crippen molar-refractivity contribution >= 4 is 52.1 Å². The molecule has 2 aromatic heterocycles. The van der Waals surface area contributed by atoms with Gasteiger partial charge in [-0.3, -0.25) is 33.7 Å². The van der Waals surface area contributed by atoms with Crippen molar-refractivity contribution in [2.75, 3.05) is 18.4 Å². The van der Waals surface area contributed by atoms with Crippen molar-refractivity contribution in [1.29, 1.82) is 0 Å². The van der Waals surface area contributed by atoms with Crippen LogP contribution in [-0.4, -0.2) is 68.2 Å². The molecule has 0 bridgehead atoms. The van der Waals surface area contributed by atoms with Gasteiger partial charge in [-0.1, -0.05) is 47.1 Å². The van der Waals surface area contributed by atoms with Gasteiger partial charge < -0.3 is 30.4 Å². The van der Waals surface area contributed by atoms with E-state index >= 15 is 0 Å². The molecule has 1 atom stereocenters. The number of hydrogen-bond donors (Lipinski definition) is 4. The Kier molecular flexibility index (Phi) is 13.5. The SMILES string of the molecule is C=C(NC(=O)CNC(=O)CCCCCN1C(=O)CCC1=O)C(=O)Nc1ccc2nc3c(c4c2c1CCC4)Cn1c-3cc2c(c1=O)COC(=O)[C@H]2O.CC.CCC. The van der Waals surface area contributed by atoms with Crippen molar-refractivity contribution in [2.45, 2.75) is 111 Å². The average molecular weight is 771 g/mol. The maximum atomic E-state index is 13.4.